The van der Waals surface area contributed by atoms with Crippen LogP contribution in [-0.2, 0) is 0 Å². The summed E-state index contributed by atoms with van der Waals surface area (Å²) in [5.41, 5.74) is 2.33. The van der Waals surface area contributed by atoms with Crippen LogP contribution in [-0.4, -0.2) is 15.2 Å². The maximum Gasteiger partial charge on any atom is 0.162 e. The van der Waals surface area contributed by atoms with Gasteiger partial charge >= 0.3 is 0 Å². The number of rotatable bonds is 1. The number of benzene rings is 1. The van der Waals surface area contributed by atoms with Crippen molar-refractivity contribution in [1.82, 2.24) is 15.2 Å². The zero-order valence-corrected chi connectivity index (χ0v) is 11.0. The maximum atomic E-state index is 6.37. The van der Waals surface area contributed by atoms with Gasteiger partial charge in [0.2, 0.25) is 0 Å². The number of fused-ring (bicyclic) bond motifs is 1. The molecule has 0 aliphatic rings. The zero-order valence-electron chi connectivity index (χ0n) is 8.61. The van der Waals surface area contributed by atoms with Gasteiger partial charge in [-0.1, -0.05) is 41.9 Å². The van der Waals surface area contributed by atoms with Crippen LogP contribution in [0.5, 0.6) is 0 Å². The molecule has 84 valence electrons. The molecule has 0 aliphatic carbocycles. The number of halogens is 2. The summed E-state index contributed by atoms with van der Waals surface area (Å²) in [6, 6.07) is 9.77. The molecule has 0 amide bonds. The Bertz CT molecular complexity index is 679. The van der Waals surface area contributed by atoms with E-state index in [4.69, 9.17) is 11.6 Å². The highest BCUT2D eigenvalue weighted by atomic mass is 79.9. The predicted molar refractivity (Wildman–Crippen MR) is 72.0 cm³/mol. The molecule has 1 aromatic carbocycles. The molecule has 0 fully saturated rings. The van der Waals surface area contributed by atoms with Gasteiger partial charge in [-0.3, -0.25) is 0 Å². The van der Waals surface area contributed by atoms with Gasteiger partial charge in [0, 0.05) is 16.2 Å². The van der Waals surface area contributed by atoms with Crippen molar-refractivity contribution >= 4 is 38.6 Å². The largest absolute Gasteiger partial charge is 0.343 e. The van der Waals surface area contributed by atoms with Crippen molar-refractivity contribution in [3.8, 4) is 11.3 Å². The lowest BCUT2D eigenvalue weighted by atomic mass is 10.1. The Morgan fingerprint density at radius 3 is 2.65 bits per heavy atom. The summed E-state index contributed by atoms with van der Waals surface area (Å²) in [7, 11) is 0. The Labute approximate surface area is 111 Å². The van der Waals surface area contributed by atoms with E-state index in [2.05, 4.69) is 31.1 Å². The third kappa shape index (κ3) is 1.73. The van der Waals surface area contributed by atoms with E-state index in [1.807, 2.05) is 30.3 Å². The van der Waals surface area contributed by atoms with E-state index >= 15 is 0 Å². The third-order valence-electron chi connectivity index (χ3n) is 2.54. The summed E-state index contributed by atoms with van der Waals surface area (Å²) in [6.07, 6.45) is 1.81. The number of nitrogens with one attached hydrogen (secondary N) is 1. The predicted octanol–water partition coefficient (Wildman–Crippen LogP) is 4.04. The van der Waals surface area contributed by atoms with E-state index in [0.717, 1.165) is 15.4 Å². The fourth-order valence-electron chi connectivity index (χ4n) is 1.72. The quantitative estimate of drug-likeness (QED) is 0.737. The molecule has 0 unspecified atom stereocenters. The Morgan fingerprint density at radius 1 is 1.12 bits per heavy atom. The molecule has 0 saturated carbocycles. The number of aromatic nitrogens is 3. The minimum atomic E-state index is 0.606. The molecule has 3 aromatic rings. The van der Waals surface area contributed by atoms with Gasteiger partial charge in [-0.2, -0.15) is 0 Å². The molecule has 0 atom stereocenters. The summed E-state index contributed by atoms with van der Waals surface area (Å²) < 4.78 is 0.893. The van der Waals surface area contributed by atoms with Crippen LogP contribution in [0, 0.1) is 0 Å². The van der Waals surface area contributed by atoms with Crippen LogP contribution in [0.1, 0.15) is 0 Å². The van der Waals surface area contributed by atoms with Crippen LogP contribution in [0.2, 0.25) is 5.02 Å². The second kappa shape index (κ2) is 4.13. The Hall–Kier alpha value is -1.39. The van der Waals surface area contributed by atoms with Gasteiger partial charge in [0.15, 0.2) is 5.65 Å². The van der Waals surface area contributed by atoms with Crippen molar-refractivity contribution in [1.29, 1.82) is 0 Å². The number of H-pyrrole nitrogens is 1. The minimum Gasteiger partial charge on any atom is -0.343 e. The second-order valence-corrected chi connectivity index (χ2v) is 4.82. The van der Waals surface area contributed by atoms with Crippen molar-refractivity contribution in [2.24, 2.45) is 0 Å². The lowest BCUT2D eigenvalue weighted by Crippen LogP contribution is -1.90. The smallest absolute Gasteiger partial charge is 0.162 e. The highest BCUT2D eigenvalue weighted by Gasteiger charge is 2.13. The average molecular weight is 309 g/mol. The third-order valence-corrected chi connectivity index (χ3v) is 3.53. The molecule has 1 N–H and O–H groups in total. The molecular formula is C12H7BrClN3. The van der Waals surface area contributed by atoms with E-state index in [1.165, 1.54) is 0 Å². The van der Waals surface area contributed by atoms with Crippen LogP contribution < -0.4 is 0 Å². The normalized spacial score (nSPS) is 10.9. The maximum absolute atomic E-state index is 6.37. The Morgan fingerprint density at radius 2 is 1.88 bits per heavy atom. The molecule has 0 aliphatic heterocycles. The molecule has 0 bridgehead atoms. The van der Waals surface area contributed by atoms with E-state index < -0.39 is 0 Å². The highest BCUT2D eigenvalue weighted by Crippen LogP contribution is 2.34. The minimum absolute atomic E-state index is 0.606. The van der Waals surface area contributed by atoms with Crippen molar-refractivity contribution in [3.05, 3.63) is 46.0 Å². The van der Waals surface area contributed by atoms with Gasteiger partial charge in [-0.05, 0) is 15.9 Å². The molecule has 3 nitrogen and oxygen atoms in total. The fourth-order valence-corrected chi connectivity index (χ4v) is 2.67. The molecule has 2 heterocycles. The first-order chi connectivity index (χ1) is 8.27. The molecule has 0 radical (unpaired) electrons. The first kappa shape index (κ1) is 10.7. The van der Waals surface area contributed by atoms with Crippen molar-refractivity contribution in [3.63, 3.8) is 0 Å². The molecule has 5 heteroatoms. The van der Waals surface area contributed by atoms with E-state index in [9.17, 15) is 0 Å². The first-order valence-electron chi connectivity index (χ1n) is 5.01. The van der Waals surface area contributed by atoms with E-state index in [-0.39, 0.29) is 0 Å². The summed E-state index contributed by atoms with van der Waals surface area (Å²) in [6.45, 7) is 0. The summed E-state index contributed by atoms with van der Waals surface area (Å²) in [5, 5.41) is 9.74. The van der Waals surface area contributed by atoms with Gasteiger partial charge in [0.1, 0.15) is 5.69 Å². The van der Waals surface area contributed by atoms with Crippen molar-refractivity contribution in [2.75, 3.05) is 0 Å². The topological polar surface area (TPSA) is 41.6 Å². The molecule has 0 spiro atoms. The van der Waals surface area contributed by atoms with E-state index in [0.29, 0.717) is 16.4 Å². The summed E-state index contributed by atoms with van der Waals surface area (Å²) in [4.78, 5) is 3.00. The number of nitrogens with zero attached hydrogens (tertiary/aromatic N) is 2. The van der Waals surface area contributed by atoms with Gasteiger partial charge in [-0.15, -0.1) is 10.2 Å². The molecular weight excluding hydrogens is 302 g/mol. The van der Waals surface area contributed by atoms with Crippen LogP contribution in [0.15, 0.2) is 41.0 Å². The Kier molecular flexibility index (Phi) is 2.61. The van der Waals surface area contributed by atoms with Crippen LogP contribution in [0.4, 0.5) is 0 Å². The van der Waals surface area contributed by atoms with E-state index in [1.54, 1.807) is 6.20 Å². The van der Waals surface area contributed by atoms with Crippen molar-refractivity contribution in [2.45, 2.75) is 0 Å². The Balaban J connectivity index is 2.32. The van der Waals surface area contributed by atoms with Gasteiger partial charge in [-0.25, -0.2) is 0 Å². The highest BCUT2D eigenvalue weighted by molar-refractivity contribution is 9.10. The lowest BCUT2D eigenvalue weighted by Gasteiger charge is -2.03. The van der Waals surface area contributed by atoms with Gasteiger partial charge < -0.3 is 4.98 Å². The van der Waals surface area contributed by atoms with Crippen LogP contribution >= 0.6 is 27.5 Å². The van der Waals surface area contributed by atoms with Crippen LogP contribution in [0.25, 0.3) is 22.3 Å². The molecule has 17 heavy (non-hydrogen) atoms. The SMILES string of the molecule is Clc1c(-c2ccccc2)nnc2[nH]cc(Br)c12. The molecule has 2 aromatic heterocycles. The number of hydrogen-bond donors (Lipinski definition) is 1. The van der Waals surface area contributed by atoms with Crippen molar-refractivity contribution < 1.29 is 0 Å². The second-order valence-electron chi connectivity index (χ2n) is 3.59. The number of hydrogen-bond acceptors (Lipinski definition) is 2. The summed E-state index contributed by atoms with van der Waals surface area (Å²) >= 11 is 9.81. The monoisotopic (exact) mass is 307 g/mol. The summed E-state index contributed by atoms with van der Waals surface area (Å²) in [5.74, 6) is 0. The van der Waals surface area contributed by atoms with Crippen LogP contribution in [0.3, 0.4) is 0 Å². The first-order valence-corrected chi connectivity index (χ1v) is 6.18. The lowest BCUT2D eigenvalue weighted by molar-refractivity contribution is 1.07. The van der Waals surface area contributed by atoms with Gasteiger partial charge in [0.05, 0.1) is 10.4 Å². The average Bonchev–Trinajstić information content (AvgIpc) is 2.73. The standard InChI is InChI=1S/C12H7BrClN3/c13-8-6-15-12-9(8)10(14)11(16-17-12)7-4-2-1-3-5-7/h1-6H,(H,15,17). The van der Waals surface area contributed by atoms with Gasteiger partial charge in [0.25, 0.3) is 0 Å². The number of aromatic amines is 1. The molecule has 0 saturated heterocycles. The zero-order chi connectivity index (χ0) is 11.8. The fraction of sp³-hybridized carbons (Fsp3) is 0. The molecule has 3 rings (SSSR count).